The lowest BCUT2D eigenvalue weighted by atomic mass is 10.0. The van der Waals surface area contributed by atoms with Crippen LogP contribution < -0.4 is 20.4 Å². The van der Waals surface area contributed by atoms with Crippen LogP contribution in [0.1, 0.15) is 30.9 Å². The SMILES string of the molecule is COc1ccc(N2C(=O)NC(=O)/C(=C\c3coc4ccc(C(C)C)cc4c3=O)C2=O)cc1. The number of barbiturate groups is 1. The molecule has 8 heteroatoms. The molecular weight excluding hydrogens is 412 g/mol. The van der Waals surface area contributed by atoms with E-state index in [4.69, 9.17) is 9.15 Å². The average Bonchev–Trinajstić information content (AvgIpc) is 2.78. The highest BCUT2D eigenvalue weighted by Gasteiger charge is 2.37. The van der Waals surface area contributed by atoms with E-state index in [0.717, 1.165) is 16.5 Å². The Kier molecular flexibility index (Phi) is 5.36. The summed E-state index contributed by atoms with van der Waals surface area (Å²) in [6.07, 6.45) is 2.34. The molecule has 1 saturated heterocycles. The van der Waals surface area contributed by atoms with Gasteiger partial charge in [-0.3, -0.25) is 19.7 Å². The molecule has 4 amide bonds. The Morgan fingerprint density at radius 1 is 1.03 bits per heavy atom. The molecule has 4 rings (SSSR count). The van der Waals surface area contributed by atoms with Gasteiger partial charge in [0, 0.05) is 0 Å². The number of methoxy groups -OCH3 is 1. The fourth-order valence-electron chi connectivity index (χ4n) is 3.40. The zero-order valence-electron chi connectivity index (χ0n) is 17.7. The first-order valence-corrected chi connectivity index (χ1v) is 9.91. The Bertz CT molecular complexity index is 1330. The van der Waals surface area contributed by atoms with Gasteiger partial charge in [-0.05, 0) is 54.0 Å². The second-order valence-corrected chi connectivity index (χ2v) is 7.59. The van der Waals surface area contributed by atoms with E-state index < -0.39 is 17.8 Å². The highest BCUT2D eigenvalue weighted by molar-refractivity contribution is 6.39. The molecule has 0 unspecified atom stereocenters. The second-order valence-electron chi connectivity index (χ2n) is 7.59. The Balaban J connectivity index is 1.78. The van der Waals surface area contributed by atoms with Crippen molar-refractivity contribution in [2.45, 2.75) is 19.8 Å². The molecule has 3 aromatic rings. The zero-order chi connectivity index (χ0) is 23.0. The molecule has 1 aliphatic rings. The number of anilines is 1. The summed E-state index contributed by atoms with van der Waals surface area (Å²) in [6.45, 7) is 4.01. The molecule has 0 bridgehead atoms. The lowest BCUT2D eigenvalue weighted by molar-refractivity contribution is -0.122. The van der Waals surface area contributed by atoms with E-state index in [0.29, 0.717) is 16.7 Å². The fourth-order valence-corrected chi connectivity index (χ4v) is 3.40. The molecule has 2 aromatic carbocycles. The van der Waals surface area contributed by atoms with Crippen LogP contribution in [0.2, 0.25) is 0 Å². The van der Waals surface area contributed by atoms with Gasteiger partial charge in [0.1, 0.15) is 23.2 Å². The van der Waals surface area contributed by atoms with Crippen molar-refractivity contribution in [2.24, 2.45) is 0 Å². The molecule has 0 atom stereocenters. The summed E-state index contributed by atoms with van der Waals surface area (Å²) < 4.78 is 10.6. The fraction of sp³-hybridized carbons (Fsp3) is 0.167. The third kappa shape index (κ3) is 3.66. The Hall–Kier alpha value is -4.20. The molecule has 0 radical (unpaired) electrons. The minimum atomic E-state index is -0.889. The molecule has 1 aliphatic heterocycles. The number of hydrogen-bond donors (Lipinski definition) is 1. The number of nitrogens with zero attached hydrogens (tertiary/aromatic N) is 1. The molecule has 2 heterocycles. The maximum atomic E-state index is 13.0. The summed E-state index contributed by atoms with van der Waals surface area (Å²) in [7, 11) is 1.49. The van der Waals surface area contributed by atoms with Crippen LogP contribution >= 0.6 is 0 Å². The van der Waals surface area contributed by atoms with Crippen LogP contribution in [0.3, 0.4) is 0 Å². The highest BCUT2D eigenvalue weighted by atomic mass is 16.5. The molecule has 0 spiro atoms. The summed E-state index contributed by atoms with van der Waals surface area (Å²) in [4.78, 5) is 51.7. The normalized spacial score (nSPS) is 15.6. The van der Waals surface area contributed by atoms with Crippen molar-refractivity contribution < 1.29 is 23.5 Å². The molecule has 32 heavy (non-hydrogen) atoms. The van der Waals surface area contributed by atoms with Crippen LogP contribution in [0.25, 0.3) is 17.0 Å². The van der Waals surface area contributed by atoms with E-state index in [2.05, 4.69) is 5.32 Å². The van der Waals surface area contributed by atoms with Gasteiger partial charge in [0.15, 0.2) is 5.43 Å². The lowest BCUT2D eigenvalue weighted by Gasteiger charge is -2.26. The van der Waals surface area contributed by atoms with E-state index in [1.807, 2.05) is 19.9 Å². The number of carbonyl (C=O) groups is 3. The van der Waals surface area contributed by atoms with Crippen LogP contribution in [-0.2, 0) is 9.59 Å². The molecule has 0 saturated carbocycles. The monoisotopic (exact) mass is 432 g/mol. The number of benzene rings is 2. The van der Waals surface area contributed by atoms with Crippen molar-refractivity contribution in [3.05, 3.63) is 75.7 Å². The van der Waals surface area contributed by atoms with Gasteiger partial charge in [-0.25, -0.2) is 9.69 Å². The van der Waals surface area contributed by atoms with Gasteiger partial charge in [0.05, 0.1) is 23.7 Å². The second kappa shape index (κ2) is 8.14. The van der Waals surface area contributed by atoms with Gasteiger partial charge in [0.2, 0.25) is 0 Å². The van der Waals surface area contributed by atoms with Crippen molar-refractivity contribution >= 4 is 40.6 Å². The summed E-state index contributed by atoms with van der Waals surface area (Å²) in [5.41, 5.74) is 0.898. The smallest absolute Gasteiger partial charge is 0.335 e. The summed E-state index contributed by atoms with van der Waals surface area (Å²) in [5, 5.41) is 2.48. The van der Waals surface area contributed by atoms with Gasteiger partial charge >= 0.3 is 6.03 Å². The van der Waals surface area contributed by atoms with Crippen molar-refractivity contribution in [1.29, 1.82) is 0 Å². The number of urea groups is 1. The van der Waals surface area contributed by atoms with Crippen molar-refractivity contribution in [3.8, 4) is 5.75 Å². The van der Waals surface area contributed by atoms with E-state index in [-0.39, 0.29) is 28.2 Å². The largest absolute Gasteiger partial charge is 0.497 e. The molecule has 0 aliphatic carbocycles. The molecular formula is C24H20N2O6. The number of nitrogens with one attached hydrogen (secondary N) is 1. The van der Waals surface area contributed by atoms with Crippen LogP contribution in [0, 0.1) is 0 Å². The Morgan fingerprint density at radius 2 is 1.75 bits per heavy atom. The standard InChI is InChI=1S/C24H20N2O6/c1-13(2)14-4-9-20-18(10-14)21(27)15(12-32-20)11-19-22(28)25-24(30)26(23(19)29)16-5-7-17(31-3)8-6-16/h4-13H,1-3H3,(H,25,28,30)/b19-11+. The van der Waals surface area contributed by atoms with E-state index in [1.54, 1.807) is 24.3 Å². The van der Waals surface area contributed by atoms with Crippen molar-refractivity contribution in [1.82, 2.24) is 5.32 Å². The first-order valence-electron chi connectivity index (χ1n) is 9.91. The van der Waals surface area contributed by atoms with E-state index in [9.17, 15) is 19.2 Å². The number of carbonyl (C=O) groups excluding carboxylic acids is 3. The quantitative estimate of drug-likeness (QED) is 0.499. The van der Waals surface area contributed by atoms with Crippen LogP contribution in [0.4, 0.5) is 10.5 Å². The van der Waals surface area contributed by atoms with E-state index in [1.165, 1.54) is 25.5 Å². The van der Waals surface area contributed by atoms with Gasteiger partial charge in [0.25, 0.3) is 11.8 Å². The third-order valence-corrected chi connectivity index (χ3v) is 5.22. The van der Waals surface area contributed by atoms with Gasteiger partial charge in [-0.15, -0.1) is 0 Å². The highest BCUT2D eigenvalue weighted by Crippen LogP contribution is 2.25. The van der Waals surface area contributed by atoms with Gasteiger partial charge in [-0.1, -0.05) is 19.9 Å². The number of imide groups is 2. The number of rotatable bonds is 4. The molecule has 1 fully saturated rings. The van der Waals surface area contributed by atoms with E-state index >= 15 is 0 Å². The molecule has 8 nitrogen and oxygen atoms in total. The van der Waals surface area contributed by atoms with Crippen LogP contribution in [0.15, 0.2) is 63.5 Å². The van der Waals surface area contributed by atoms with Crippen LogP contribution in [0.5, 0.6) is 5.75 Å². The first-order chi connectivity index (χ1) is 15.3. The first kappa shape index (κ1) is 21.0. The Labute approximate surface area is 183 Å². The predicted octanol–water partition coefficient (Wildman–Crippen LogP) is 3.59. The summed E-state index contributed by atoms with van der Waals surface area (Å²) in [6, 6.07) is 10.7. The minimum Gasteiger partial charge on any atom is -0.497 e. The predicted molar refractivity (Wildman–Crippen MR) is 119 cm³/mol. The number of hydrogen-bond acceptors (Lipinski definition) is 6. The maximum absolute atomic E-state index is 13.0. The average molecular weight is 432 g/mol. The van der Waals surface area contributed by atoms with Crippen LogP contribution in [-0.4, -0.2) is 25.0 Å². The summed E-state index contributed by atoms with van der Waals surface area (Å²) >= 11 is 0. The lowest BCUT2D eigenvalue weighted by Crippen LogP contribution is -2.54. The molecule has 162 valence electrons. The van der Waals surface area contributed by atoms with Gasteiger partial charge in [-0.2, -0.15) is 0 Å². The van der Waals surface area contributed by atoms with Crippen molar-refractivity contribution in [2.75, 3.05) is 12.0 Å². The third-order valence-electron chi connectivity index (χ3n) is 5.22. The summed E-state index contributed by atoms with van der Waals surface area (Å²) in [5.74, 6) is -0.991. The number of amides is 4. The molecule has 1 aromatic heterocycles. The minimum absolute atomic E-state index is 0.0286. The van der Waals surface area contributed by atoms with Gasteiger partial charge < -0.3 is 9.15 Å². The van der Waals surface area contributed by atoms with Crippen molar-refractivity contribution in [3.63, 3.8) is 0 Å². The Morgan fingerprint density at radius 3 is 2.41 bits per heavy atom. The number of ether oxygens (including phenoxy) is 1. The maximum Gasteiger partial charge on any atom is 0.335 e. The number of fused-ring (bicyclic) bond motifs is 1. The zero-order valence-corrected chi connectivity index (χ0v) is 17.7. The molecule has 1 N–H and O–H groups in total. The topological polar surface area (TPSA) is 106 Å².